The molecule has 4 heteroatoms. The van der Waals surface area contributed by atoms with E-state index >= 15 is 0 Å². The summed E-state index contributed by atoms with van der Waals surface area (Å²) in [5, 5.41) is 11.0. The van der Waals surface area contributed by atoms with Gasteiger partial charge in [0.2, 0.25) is 0 Å². The molecule has 1 N–H and O–H groups in total. The van der Waals surface area contributed by atoms with Gasteiger partial charge >= 0.3 is 5.97 Å². The Bertz CT molecular complexity index is 1080. The van der Waals surface area contributed by atoms with Crippen LogP contribution < -0.4 is 4.74 Å². The normalized spacial score (nSPS) is 17.7. The molecule has 1 heterocycles. The second-order valence-corrected chi connectivity index (χ2v) is 10.7. The molecular formula is C33H46O4. The van der Waals surface area contributed by atoms with Crippen LogP contribution in [-0.4, -0.2) is 29.4 Å². The van der Waals surface area contributed by atoms with Gasteiger partial charge in [-0.3, -0.25) is 4.79 Å². The van der Waals surface area contributed by atoms with Gasteiger partial charge in [-0.05, 0) is 79.8 Å². The number of aryl methyl sites for hydroxylation is 2. The third kappa shape index (κ3) is 6.84. The third-order valence-corrected chi connectivity index (χ3v) is 8.30. The summed E-state index contributed by atoms with van der Waals surface area (Å²) < 4.78 is 11.3. The fraction of sp³-hybridized carbons (Fsp3) is 0.545. The molecule has 1 aliphatic rings. The van der Waals surface area contributed by atoms with E-state index in [0.717, 1.165) is 61.8 Å². The monoisotopic (exact) mass is 506 g/mol. The number of carbonyl (C=O) groups excluding carboxylic acids is 1. The Morgan fingerprint density at radius 3 is 2.22 bits per heavy atom. The van der Waals surface area contributed by atoms with E-state index in [9.17, 15) is 9.90 Å². The molecule has 1 saturated heterocycles. The van der Waals surface area contributed by atoms with E-state index < -0.39 is 5.60 Å². The van der Waals surface area contributed by atoms with Crippen LogP contribution in [0.3, 0.4) is 0 Å². The van der Waals surface area contributed by atoms with Crippen molar-refractivity contribution in [3.05, 3.63) is 70.3 Å². The number of hydrogen-bond acceptors (Lipinski definition) is 4. The van der Waals surface area contributed by atoms with Crippen molar-refractivity contribution in [1.82, 2.24) is 0 Å². The lowest BCUT2D eigenvalue weighted by Gasteiger charge is -2.34. The van der Waals surface area contributed by atoms with Crippen molar-refractivity contribution in [3.8, 4) is 5.75 Å². The molecule has 0 radical (unpaired) electrons. The Labute approximate surface area is 224 Å². The van der Waals surface area contributed by atoms with Crippen molar-refractivity contribution < 1.29 is 19.4 Å². The largest absolute Gasteiger partial charge is 0.489 e. The average molecular weight is 507 g/mol. The molecule has 37 heavy (non-hydrogen) atoms. The van der Waals surface area contributed by atoms with Gasteiger partial charge in [-0.15, -0.1) is 0 Å². The van der Waals surface area contributed by atoms with E-state index in [2.05, 4.69) is 84.0 Å². The van der Waals surface area contributed by atoms with Crippen LogP contribution in [0.4, 0.5) is 0 Å². The van der Waals surface area contributed by atoms with E-state index in [-0.39, 0.29) is 17.5 Å². The summed E-state index contributed by atoms with van der Waals surface area (Å²) in [6, 6.07) is 13.3. The molecule has 2 aromatic carbocycles. The van der Waals surface area contributed by atoms with Crippen LogP contribution in [0.15, 0.2) is 42.5 Å². The van der Waals surface area contributed by atoms with Gasteiger partial charge in [0.25, 0.3) is 0 Å². The molecule has 2 atom stereocenters. The first-order chi connectivity index (χ1) is 17.7. The maximum atomic E-state index is 11.4. The molecule has 1 unspecified atom stereocenters. The van der Waals surface area contributed by atoms with Crippen LogP contribution in [0.5, 0.6) is 5.75 Å². The Morgan fingerprint density at radius 1 is 1.00 bits per heavy atom. The van der Waals surface area contributed by atoms with Crippen LogP contribution in [0.25, 0.3) is 6.08 Å². The second kappa shape index (κ2) is 12.8. The van der Waals surface area contributed by atoms with Crippen LogP contribution in [0.1, 0.15) is 107 Å². The zero-order chi connectivity index (χ0) is 27.1. The summed E-state index contributed by atoms with van der Waals surface area (Å²) in [6.45, 7) is 13.4. The molecule has 4 nitrogen and oxygen atoms in total. The standard InChI is InChI=1S/C33H46O4/c1-7-11-19-32(35,8-2)20-18-26-12-13-27(21-24(26)5)33(9-3,10-4)28-14-16-30(25(6)22-28)36-23-29-15-17-31(34)37-29/h12-14,16,18,20-22,29,35H,7-11,15,17,19,23H2,1-6H3/b20-18+/t29?,32-/m0/s1. The summed E-state index contributed by atoms with van der Waals surface area (Å²) in [5.74, 6) is 0.710. The summed E-state index contributed by atoms with van der Waals surface area (Å²) >= 11 is 0. The number of cyclic esters (lactones) is 1. The quantitative estimate of drug-likeness (QED) is 0.281. The van der Waals surface area contributed by atoms with E-state index in [0.29, 0.717) is 13.0 Å². The minimum absolute atomic E-state index is 0.0947. The predicted molar refractivity (Wildman–Crippen MR) is 152 cm³/mol. The number of carbonyl (C=O) groups is 1. The van der Waals surface area contributed by atoms with Gasteiger partial charge in [0, 0.05) is 11.8 Å². The highest BCUT2D eigenvalue weighted by atomic mass is 16.6. The Morgan fingerprint density at radius 2 is 1.68 bits per heavy atom. The van der Waals surface area contributed by atoms with Gasteiger partial charge in [0.15, 0.2) is 0 Å². The fourth-order valence-electron chi connectivity index (χ4n) is 5.49. The van der Waals surface area contributed by atoms with Gasteiger partial charge in [0.1, 0.15) is 18.5 Å². The van der Waals surface area contributed by atoms with E-state index in [1.165, 1.54) is 16.7 Å². The lowest BCUT2D eigenvalue weighted by atomic mass is 9.70. The van der Waals surface area contributed by atoms with Gasteiger partial charge in [-0.2, -0.15) is 0 Å². The smallest absolute Gasteiger partial charge is 0.306 e. The molecule has 0 saturated carbocycles. The van der Waals surface area contributed by atoms with Gasteiger partial charge in [-0.1, -0.05) is 83.0 Å². The number of esters is 1. The molecule has 2 aromatic rings. The zero-order valence-electron chi connectivity index (χ0n) is 23.7. The highest BCUT2D eigenvalue weighted by Crippen LogP contribution is 2.41. The van der Waals surface area contributed by atoms with Crippen molar-refractivity contribution in [1.29, 1.82) is 0 Å². The molecular weight excluding hydrogens is 460 g/mol. The number of aliphatic hydroxyl groups is 1. The number of benzene rings is 2. The molecule has 0 aromatic heterocycles. The predicted octanol–water partition coefficient (Wildman–Crippen LogP) is 7.84. The molecule has 0 amide bonds. The molecule has 0 aliphatic carbocycles. The minimum Gasteiger partial charge on any atom is -0.489 e. The SMILES string of the molecule is CCCC[C@](O)(/C=C/c1ccc(C(CC)(CC)c2ccc(OCC3CCC(=O)O3)c(C)c2)cc1C)CC. The van der Waals surface area contributed by atoms with Crippen LogP contribution in [-0.2, 0) is 14.9 Å². The summed E-state index contributed by atoms with van der Waals surface area (Å²) in [4.78, 5) is 11.4. The van der Waals surface area contributed by atoms with Crippen molar-refractivity contribution in [2.45, 2.75) is 110 Å². The Hall–Kier alpha value is -2.59. The molecule has 1 fully saturated rings. The van der Waals surface area contributed by atoms with Crippen LogP contribution >= 0.6 is 0 Å². The topological polar surface area (TPSA) is 55.8 Å². The first-order valence-corrected chi connectivity index (χ1v) is 14.2. The van der Waals surface area contributed by atoms with Crippen LogP contribution in [0.2, 0.25) is 0 Å². The zero-order valence-corrected chi connectivity index (χ0v) is 23.7. The number of hydrogen-bond donors (Lipinski definition) is 1. The number of unbranched alkanes of at least 4 members (excludes halogenated alkanes) is 1. The van der Waals surface area contributed by atoms with E-state index in [1.54, 1.807) is 0 Å². The number of ether oxygens (including phenoxy) is 2. The molecule has 3 rings (SSSR count). The third-order valence-electron chi connectivity index (χ3n) is 8.30. The van der Waals surface area contributed by atoms with Crippen LogP contribution in [0, 0.1) is 13.8 Å². The summed E-state index contributed by atoms with van der Waals surface area (Å²) in [7, 11) is 0. The highest BCUT2D eigenvalue weighted by molar-refractivity contribution is 5.71. The highest BCUT2D eigenvalue weighted by Gasteiger charge is 2.32. The molecule has 0 spiro atoms. The first kappa shape index (κ1) is 29.0. The summed E-state index contributed by atoms with van der Waals surface area (Å²) in [6.07, 6.45) is 10.8. The lowest BCUT2D eigenvalue weighted by Crippen LogP contribution is -2.26. The maximum Gasteiger partial charge on any atom is 0.306 e. The van der Waals surface area contributed by atoms with Gasteiger partial charge in [-0.25, -0.2) is 0 Å². The van der Waals surface area contributed by atoms with Crippen molar-refractivity contribution in [3.63, 3.8) is 0 Å². The maximum absolute atomic E-state index is 11.4. The molecule has 0 bridgehead atoms. The van der Waals surface area contributed by atoms with Crippen molar-refractivity contribution >= 4 is 12.0 Å². The van der Waals surface area contributed by atoms with Crippen molar-refractivity contribution in [2.24, 2.45) is 0 Å². The first-order valence-electron chi connectivity index (χ1n) is 14.2. The fourth-order valence-corrected chi connectivity index (χ4v) is 5.49. The summed E-state index contributed by atoms with van der Waals surface area (Å²) in [5.41, 5.74) is 5.24. The average Bonchev–Trinajstić information content (AvgIpc) is 3.32. The van der Waals surface area contributed by atoms with E-state index in [4.69, 9.17) is 9.47 Å². The minimum atomic E-state index is -0.738. The van der Waals surface area contributed by atoms with E-state index in [1.807, 2.05) is 6.08 Å². The second-order valence-electron chi connectivity index (χ2n) is 10.7. The number of rotatable bonds is 13. The van der Waals surface area contributed by atoms with Gasteiger partial charge in [0.05, 0.1) is 5.60 Å². The van der Waals surface area contributed by atoms with Gasteiger partial charge < -0.3 is 14.6 Å². The van der Waals surface area contributed by atoms with Crippen molar-refractivity contribution in [2.75, 3.05) is 6.61 Å². The molecule has 202 valence electrons. The lowest BCUT2D eigenvalue weighted by molar-refractivity contribution is -0.142. The molecule has 1 aliphatic heterocycles. The Kier molecular flexibility index (Phi) is 10.0. The Balaban J connectivity index is 1.83.